The van der Waals surface area contributed by atoms with Crippen LogP contribution in [0.5, 0.6) is 0 Å². The van der Waals surface area contributed by atoms with E-state index < -0.39 is 0 Å². The van der Waals surface area contributed by atoms with E-state index in [2.05, 4.69) is 40.5 Å². The fourth-order valence-electron chi connectivity index (χ4n) is 4.71. The molecule has 0 atom stereocenters. The molecule has 6 heteroatoms. The van der Waals surface area contributed by atoms with Crippen LogP contribution in [0.4, 0.5) is 5.00 Å². The number of fused-ring (bicyclic) bond motifs is 1. The first-order valence-corrected chi connectivity index (χ1v) is 12.8. The van der Waals surface area contributed by atoms with E-state index in [9.17, 15) is 4.79 Å². The molecule has 0 spiro atoms. The van der Waals surface area contributed by atoms with Gasteiger partial charge < -0.3 is 15.0 Å². The predicted molar refractivity (Wildman–Crippen MR) is 132 cm³/mol. The van der Waals surface area contributed by atoms with Gasteiger partial charge in [0.25, 0.3) is 0 Å². The minimum atomic E-state index is -0.214. The predicted octanol–water partition coefficient (Wildman–Crippen LogP) is 5.85. The number of thiophene rings is 1. The van der Waals surface area contributed by atoms with Gasteiger partial charge in [-0.05, 0) is 81.1 Å². The number of thiocarbonyl (C=S) groups is 1. The summed E-state index contributed by atoms with van der Waals surface area (Å²) in [5, 5.41) is 5.05. The van der Waals surface area contributed by atoms with Crippen LogP contribution in [0.25, 0.3) is 0 Å². The summed E-state index contributed by atoms with van der Waals surface area (Å²) in [6, 6.07) is 10.7. The maximum Gasteiger partial charge on any atom is 0.341 e. The van der Waals surface area contributed by atoms with Crippen molar-refractivity contribution in [1.29, 1.82) is 0 Å². The Bertz CT molecular complexity index is 902. The van der Waals surface area contributed by atoms with Gasteiger partial charge in [-0.15, -0.1) is 11.3 Å². The lowest BCUT2D eigenvalue weighted by Crippen LogP contribution is -2.41. The van der Waals surface area contributed by atoms with E-state index >= 15 is 0 Å². The molecular weight excluding hydrogens is 424 g/mol. The van der Waals surface area contributed by atoms with Crippen molar-refractivity contribution in [3.05, 3.63) is 51.9 Å². The van der Waals surface area contributed by atoms with Crippen LogP contribution in [-0.2, 0) is 24.0 Å². The van der Waals surface area contributed by atoms with Crippen LogP contribution in [0.2, 0.25) is 0 Å². The van der Waals surface area contributed by atoms with E-state index in [1.807, 2.05) is 6.92 Å². The van der Waals surface area contributed by atoms with Gasteiger partial charge in [0, 0.05) is 18.0 Å². The lowest BCUT2D eigenvalue weighted by Gasteiger charge is -2.34. The molecule has 0 amide bonds. The van der Waals surface area contributed by atoms with Gasteiger partial charge >= 0.3 is 5.97 Å². The normalized spacial score (nSPS) is 17.0. The van der Waals surface area contributed by atoms with Gasteiger partial charge in [-0.25, -0.2) is 4.79 Å². The van der Waals surface area contributed by atoms with Crippen molar-refractivity contribution in [2.24, 2.45) is 5.92 Å². The summed E-state index contributed by atoms with van der Waals surface area (Å²) in [5.74, 6) is 0.489. The van der Waals surface area contributed by atoms with Crippen LogP contribution < -0.4 is 5.32 Å². The van der Waals surface area contributed by atoms with Gasteiger partial charge in [0.1, 0.15) is 5.00 Å². The molecule has 1 fully saturated rings. The highest BCUT2D eigenvalue weighted by atomic mass is 32.1. The number of nitrogens with zero attached hydrogens (tertiary/aromatic N) is 1. The average Bonchev–Trinajstić information content (AvgIpc) is 2.95. The monoisotopic (exact) mass is 456 g/mol. The molecule has 2 aromatic rings. The molecule has 166 valence electrons. The first kappa shape index (κ1) is 22.3. The molecule has 2 heterocycles. The number of carbonyl (C=O) groups is 1. The molecule has 1 N–H and O–H groups in total. The van der Waals surface area contributed by atoms with Crippen LogP contribution >= 0.6 is 23.6 Å². The molecule has 2 aliphatic rings. The van der Waals surface area contributed by atoms with Crippen LogP contribution in [0.15, 0.2) is 30.3 Å². The summed E-state index contributed by atoms with van der Waals surface area (Å²) in [4.78, 5) is 16.4. The number of hydrogen-bond acceptors (Lipinski definition) is 4. The first-order valence-electron chi connectivity index (χ1n) is 11.6. The minimum Gasteiger partial charge on any atom is -0.462 e. The smallest absolute Gasteiger partial charge is 0.341 e. The second-order valence-electron chi connectivity index (χ2n) is 8.54. The Morgan fingerprint density at radius 3 is 2.65 bits per heavy atom. The fraction of sp³-hybridized carbons (Fsp3) is 0.520. The van der Waals surface area contributed by atoms with Gasteiger partial charge in [-0.2, -0.15) is 0 Å². The highest BCUT2D eigenvalue weighted by molar-refractivity contribution is 7.80. The Morgan fingerprint density at radius 2 is 1.90 bits per heavy atom. The van der Waals surface area contributed by atoms with Crippen molar-refractivity contribution < 1.29 is 9.53 Å². The molecule has 1 aromatic carbocycles. The summed E-state index contributed by atoms with van der Waals surface area (Å²) in [6.45, 7) is 4.18. The van der Waals surface area contributed by atoms with Crippen molar-refractivity contribution >= 4 is 39.6 Å². The van der Waals surface area contributed by atoms with Gasteiger partial charge in [0.05, 0.1) is 12.2 Å². The number of nitrogens with one attached hydrogen (secondary N) is 1. The average molecular weight is 457 g/mol. The summed E-state index contributed by atoms with van der Waals surface area (Å²) >= 11 is 7.47. The topological polar surface area (TPSA) is 41.6 Å². The number of piperidine rings is 1. The third-order valence-electron chi connectivity index (χ3n) is 6.39. The van der Waals surface area contributed by atoms with Crippen molar-refractivity contribution in [3.63, 3.8) is 0 Å². The summed E-state index contributed by atoms with van der Waals surface area (Å²) in [6.07, 6.45) is 8.97. The van der Waals surface area contributed by atoms with E-state index in [0.29, 0.717) is 12.5 Å². The Labute approximate surface area is 195 Å². The second kappa shape index (κ2) is 10.6. The molecule has 0 radical (unpaired) electrons. The van der Waals surface area contributed by atoms with Crippen molar-refractivity contribution in [2.75, 3.05) is 25.0 Å². The van der Waals surface area contributed by atoms with E-state index in [1.165, 1.54) is 28.8 Å². The molecule has 4 rings (SSSR count). The number of aryl methyl sites for hydroxylation is 1. The molecule has 1 aromatic heterocycles. The second-order valence-corrected chi connectivity index (χ2v) is 10.0. The van der Waals surface area contributed by atoms with Gasteiger partial charge in [-0.3, -0.25) is 0 Å². The molecular formula is C25H32N2O2S2. The highest BCUT2D eigenvalue weighted by Crippen LogP contribution is 2.38. The number of ether oxygens (including phenoxy) is 1. The third kappa shape index (κ3) is 5.47. The quantitative estimate of drug-likeness (QED) is 0.347. The number of hydrogen-bond donors (Lipinski definition) is 1. The zero-order valence-electron chi connectivity index (χ0n) is 18.3. The zero-order chi connectivity index (χ0) is 21.6. The van der Waals surface area contributed by atoms with E-state index in [-0.39, 0.29) is 5.97 Å². The molecule has 0 saturated carbocycles. The van der Waals surface area contributed by atoms with Crippen LogP contribution in [0, 0.1) is 5.92 Å². The number of rotatable bonds is 5. The van der Waals surface area contributed by atoms with Gasteiger partial charge in [0.2, 0.25) is 0 Å². The third-order valence-corrected chi connectivity index (χ3v) is 7.96. The van der Waals surface area contributed by atoms with Crippen LogP contribution in [0.3, 0.4) is 0 Å². The Morgan fingerprint density at radius 1 is 1.16 bits per heavy atom. The first-order chi connectivity index (χ1) is 15.2. The van der Waals surface area contributed by atoms with E-state index in [1.54, 1.807) is 11.3 Å². The maximum atomic E-state index is 12.8. The standard InChI is InChI=1S/C25H32N2O2S2/c1-2-29-24(28)22-20-11-7-4-8-12-21(20)31-23(22)26-25(30)27-15-13-19(14-16-27)17-18-9-5-3-6-10-18/h3,5-6,9-10,19H,2,4,7-8,11-17H2,1H3,(H,26,30). The molecule has 1 saturated heterocycles. The number of benzene rings is 1. The Hall–Kier alpha value is -1.92. The SMILES string of the molecule is CCOC(=O)c1c(NC(=S)N2CCC(Cc3ccccc3)CC2)sc2c1CCCCC2. The zero-order valence-corrected chi connectivity index (χ0v) is 20.0. The van der Waals surface area contributed by atoms with E-state index in [4.69, 9.17) is 17.0 Å². The molecule has 4 nitrogen and oxygen atoms in total. The summed E-state index contributed by atoms with van der Waals surface area (Å²) in [5.41, 5.74) is 3.33. The molecule has 31 heavy (non-hydrogen) atoms. The van der Waals surface area contributed by atoms with Crippen LogP contribution in [0.1, 0.15) is 65.4 Å². The van der Waals surface area contributed by atoms with E-state index in [0.717, 1.165) is 67.3 Å². The maximum absolute atomic E-state index is 12.8. The Balaban J connectivity index is 1.41. The summed E-state index contributed by atoms with van der Waals surface area (Å²) < 4.78 is 5.40. The number of anilines is 1. The number of likely N-dealkylation sites (tertiary alicyclic amines) is 1. The molecule has 0 bridgehead atoms. The van der Waals surface area contributed by atoms with Gasteiger partial charge in [-0.1, -0.05) is 36.8 Å². The highest BCUT2D eigenvalue weighted by Gasteiger charge is 2.28. The lowest BCUT2D eigenvalue weighted by molar-refractivity contribution is 0.0527. The van der Waals surface area contributed by atoms with Crippen LogP contribution in [-0.4, -0.2) is 35.7 Å². The molecule has 0 unspecified atom stereocenters. The number of esters is 1. The minimum absolute atomic E-state index is 0.214. The largest absolute Gasteiger partial charge is 0.462 e. The summed E-state index contributed by atoms with van der Waals surface area (Å²) in [7, 11) is 0. The van der Waals surface area contributed by atoms with Crippen molar-refractivity contribution in [2.45, 2.75) is 58.3 Å². The Kier molecular flexibility index (Phi) is 7.62. The van der Waals surface area contributed by atoms with Crippen molar-refractivity contribution in [3.8, 4) is 0 Å². The molecule has 1 aliphatic carbocycles. The molecule has 1 aliphatic heterocycles. The fourth-order valence-corrected chi connectivity index (χ4v) is 6.34. The van der Waals surface area contributed by atoms with Gasteiger partial charge in [0.15, 0.2) is 5.11 Å². The lowest BCUT2D eigenvalue weighted by atomic mass is 9.90. The number of carbonyl (C=O) groups excluding carboxylic acids is 1. The van der Waals surface area contributed by atoms with Crippen molar-refractivity contribution in [1.82, 2.24) is 4.90 Å².